The number of aromatic nitrogens is 2. The van der Waals surface area contributed by atoms with Crippen molar-refractivity contribution in [3.63, 3.8) is 0 Å². The maximum atomic E-state index is 13.1. The van der Waals surface area contributed by atoms with Gasteiger partial charge in [0.05, 0.1) is 5.56 Å². The number of halogens is 3. The van der Waals surface area contributed by atoms with Crippen LogP contribution in [0.5, 0.6) is 6.01 Å². The predicted molar refractivity (Wildman–Crippen MR) is 104 cm³/mol. The molecule has 31 heavy (non-hydrogen) atoms. The number of hydrogen-bond acceptors (Lipinski definition) is 5. The van der Waals surface area contributed by atoms with E-state index in [1.807, 2.05) is 0 Å². The Kier molecular flexibility index (Phi) is 6.26. The molecule has 3 rings (SSSR count). The number of aliphatic carboxylic acids is 1. The molecule has 9 heteroatoms. The molecule has 0 saturated heterocycles. The monoisotopic (exact) mass is 432 g/mol. The molecule has 1 heterocycles. The highest BCUT2D eigenvalue weighted by atomic mass is 19.4. The minimum atomic E-state index is -4.54. The second-order valence-corrected chi connectivity index (χ2v) is 6.70. The van der Waals surface area contributed by atoms with Gasteiger partial charge < -0.3 is 14.6 Å². The third kappa shape index (κ3) is 4.51. The molecule has 0 unspecified atom stereocenters. The van der Waals surface area contributed by atoms with Gasteiger partial charge in [0.2, 0.25) is 6.10 Å². The van der Waals surface area contributed by atoms with E-state index in [0.29, 0.717) is 11.3 Å². The lowest BCUT2D eigenvalue weighted by Crippen LogP contribution is -2.50. The first kappa shape index (κ1) is 22.2. The van der Waals surface area contributed by atoms with Gasteiger partial charge in [-0.15, -0.1) is 0 Å². The van der Waals surface area contributed by atoms with E-state index in [1.54, 1.807) is 43.3 Å². The molecule has 162 valence electrons. The molecule has 0 bridgehead atoms. The summed E-state index contributed by atoms with van der Waals surface area (Å²) < 4.78 is 50.6. The van der Waals surface area contributed by atoms with Crippen LogP contribution in [0.3, 0.4) is 0 Å². The molecule has 0 amide bonds. The van der Waals surface area contributed by atoms with Gasteiger partial charge in [-0.25, -0.2) is 14.8 Å². The summed E-state index contributed by atoms with van der Waals surface area (Å²) in [6, 6.07) is 13.8. The molecule has 0 aliphatic carbocycles. The Morgan fingerprint density at radius 1 is 0.968 bits per heavy atom. The number of methoxy groups -OCH3 is 1. The third-order valence-electron chi connectivity index (χ3n) is 4.76. The molecule has 0 aliphatic heterocycles. The highest BCUT2D eigenvalue weighted by Crippen LogP contribution is 2.40. The first-order chi connectivity index (χ1) is 14.7. The van der Waals surface area contributed by atoms with Crippen molar-refractivity contribution in [2.24, 2.45) is 0 Å². The van der Waals surface area contributed by atoms with Gasteiger partial charge in [0.1, 0.15) is 0 Å². The van der Waals surface area contributed by atoms with Crippen molar-refractivity contribution in [2.75, 3.05) is 7.11 Å². The number of alkyl halides is 3. The number of carbonyl (C=O) groups is 1. The normalized spacial score (nSPS) is 14.5. The number of ether oxygens (including phenoxy) is 2. The zero-order chi connectivity index (χ0) is 22.6. The molecule has 6 nitrogen and oxygen atoms in total. The van der Waals surface area contributed by atoms with Crippen LogP contribution in [0.4, 0.5) is 13.2 Å². The summed E-state index contributed by atoms with van der Waals surface area (Å²) in [5, 5.41) is 10.0. The molecule has 1 aromatic heterocycles. The van der Waals surface area contributed by atoms with Crippen LogP contribution in [0, 0.1) is 6.92 Å². The zero-order valence-electron chi connectivity index (χ0n) is 16.6. The quantitative estimate of drug-likeness (QED) is 0.602. The average Bonchev–Trinajstić information content (AvgIpc) is 2.74. The molecular weight excluding hydrogens is 413 g/mol. The van der Waals surface area contributed by atoms with Gasteiger partial charge in [0.15, 0.2) is 5.60 Å². The van der Waals surface area contributed by atoms with Crippen LogP contribution in [0.25, 0.3) is 0 Å². The van der Waals surface area contributed by atoms with Crippen LogP contribution >= 0.6 is 0 Å². The lowest BCUT2D eigenvalue weighted by molar-refractivity contribution is -0.160. The summed E-state index contributed by atoms with van der Waals surface area (Å²) in [5.41, 5.74) is -1.58. The van der Waals surface area contributed by atoms with Crippen molar-refractivity contribution in [3.05, 3.63) is 89.2 Å². The topological polar surface area (TPSA) is 81.5 Å². The van der Waals surface area contributed by atoms with Crippen molar-refractivity contribution in [1.82, 2.24) is 9.97 Å². The molecule has 2 atom stereocenters. The van der Waals surface area contributed by atoms with E-state index in [1.165, 1.54) is 25.4 Å². The Labute approximate surface area is 176 Å². The predicted octanol–water partition coefficient (Wildman–Crippen LogP) is 4.23. The molecule has 0 spiro atoms. The zero-order valence-corrected chi connectivity index (χ0v) is 16.6. The van der Waals surface area contributed by atoms with Crippen molar-refractivity contribution < 1.29 is 32.5 Å². The van der Waals surface area contributed by atoms with E-state index >= 15 is 0 Å². The number of nitrogens with zero attached hydrogens (tertiary/aromatic N) is 2. The van der Waals surface area contributed by atoms with Gasteiger partial charge in [-0.3, -0.25) is 0 Å². The second kappa shape index (κ2) is 8.73. The van der Waals surface area contributed by atoms with E-state index in [4.69, 9.17) is 9.47 Å². The Balaban J connectivity index is 2.20. The fraction of sp³-hybridized carbons (Fsp3) is 0.227. The van der Waals surface area contributed by atoms with Crippen LogP contribution in [-0.2, 0) is 21.3 Å². The van der Waals surface area contributed by atoms with Crippen molar-refractivity contribution in [3.8, 4) is 6.01 Å². The van der Waals surface area contributed by atoms with Crippen molar-refractivity contribution in [2.45, 2.75) is 24.8 Å². The first-order valence-electron chi connectivity index (χ1n) is 9.16. The van der Waals surface area contributed by atoms with Crippen LogP contribution in [-0.4, -0.2) is 34.3 Å². The Morgan fingerprint density at radius 3 is 2.06 bits per heavy atom. The van der Waals surface area contributed by atoms with E-state index in [9.17, 15) is 23.1 Å². The molecule has 0 saturated carbocycles. The maximum absolute atomic E-state index is 13.1. The minimum absolute atomic E-state index is 0.161. The van der Waals surface area contributed by atoms with E-state index in [2.05, 4.69) is 9.97 Å². The number of carboxylic acids is 1. The Hall–Kier alpha value is -3.46. The Morgan fingerprint density at radius 2 is 1.55 bits per heavy atom. The van der Waals surface area contributed by atoms with E-state index < -0.39 is 29.4 Å². The average molecular weight is 432 g/mol. The summed E-state index contributed by atoms with van der Waals surface area (Å²) in [4.78, 5) is 20.3. The first-order valence-corrected chi connectivity index (χ1v) is 9.16. The second-order valence-electron chi connectivity index (χ2n) is 6.70. The van der Waals surface area contributed by atoms with Crippen LogP contribution in [0.2, 0.25) is 0 Å². The highest BCUT2D eigenvalue weighted by molar-refractivity contribution is 5.76. The summed E-state index contributed by atoms with van der Waals surface area (Å²) in [6.07, 6.45) is -4.84. The van der Waals surface area contributed by atoms with Gasteiger partial charge in [-0.05, 0) is 36.2 Å². The standard InChI is InChI=1S/C22H19F3N2O4/c1-14-12-13-26-20(27-14)31-18(19(28)29)21(30-2,15-6-4-3-5-7-15)16-8-10-17(11-9-16)22(23,24)25/h3-13,18H,1-2H3,(H,28,29)/t18-,21-/m1/s1. The highest BCUT2D eigenvalue weighted by Gasteiger charge is 2.49. The summed E-state index contributed by atoms with van der Waals surface area (Å²) in [5.74, 6) is -1.41. The van der Waals surface area contributed by atoms with Crippen molar-refractivity contribution >= 4 is 5.97 Å². The molecular formula is C22H19F3N2O4. The third-order valence-corrected chi connectivity index (χ3v) is 4.76. The fourth-order valence-corrected chi connectivity index (χ4v) is 3.30. The Bertz CT molecular complexity index is 1040. The summed E-state index contributed by atoms with van der Waals surface area (Å²) in [6.45, 7) is 1.68. The van der Waals surface area contributed by atoms with Crippen LogP contribution in [0.1, 0.15) is 22.4 Å². The summed E-state index contributed by atoms with van der Waals surface area (Å²) >= 11 is 0. The van der Waals surface area contributed by atoms with Crippen LogP contribution in [0.15, 0.2) is 66.9 Å². The number of hydrogen-bond donors (Lipinski definition) is 1. The number of benzene rings is 2. The van der Waals surface area contributed by atoms with E-state index in [-0.39, 0.29) is 11.6 Å². The van der Waals surface area contributed by atoms with Gasteiger partial charge in [-0.2, -0.15) is 13.2 Å². The van der Waals surface area contributed by atoms with Gasteiger partial charge in [0, 0.05) is 19.0 Å². The maximum Gasteiger partial charge on any atom is 0.416 e. The molecule has 0 aliphatic rings. The number of carboxylic acid groups (broad SMARTS) is 1. The lowest BCUT2D eigenvalue weighted by Gasteiger charge is -2.37. The fourth-order valence-electron chi connectivity index (χ4n) is 3.30. The van der Waals surface area contributed by atoms with Crippen LogP contribution < -0.4 is 4.74 Å². The number of rotatable bonds is 7. The smallest absolute Gasteiger partial charge is 0.416 e. The molecule has 0 fully saturated rings. The van der Waals surface area contributed by atoms with Gasteiger partial charge in [-0.1, -0.05) is 42.5 Å². The lowest BCUT2D eigenvalue weighted by atomic mass is 9.80. The minimum Gasteiger partial charge on any atom is -0.478 e. The number of aryl methyl sites for hydroxylation is 1. The SMILES string of the molecule is CO[C@](c1ccccc1)(c1ccc(C(F)(F)F)cc1)[C@H](Oc1nccc(C)n1)C(=O)O. The molecule has 3 aromatic rings. The molecule has 2 aromatic carbocycles. The molecule has 0 radical (unpaired) electrons. The molecule has 1 N–H and O–H groups in total. The van der Waals surface area contributed by atoms with Gasteiger partial charge >= 0.3 is 18.2 Å². The van der Waals surface area contributed by atoms with Gasteiger partial charge in [0.25, 0.3) is 0 Å². The largest absolute Gasteiger partial charge is 0.478 e. The summed E-state index contributed by atoms with van der Waals surface area (Å²) in [7, 11) is 1.26. The van der Waals surface area contributed by atoms with Crippen molar-refractivity contribution in [1.29, 1.82) is 0 Å². The van der Waals surface area contributed by atoms with E-state index in [0.717, 1.165) is 12.1 Å².